The van der Waals surface area contributed by atoms with Gasteiger partial charge in [0.25, 0.3) is 0 Å². The number of carbonyl (C=O) groups is 2. The summed E-state index contributed by atoms with van der Waals surface area (Å²) in [6.07, 6.45) is 5.40. The number of rotatable bonds is 6. The number of hydrogen-bond acceptors (Lipinski definition) is 3. The zero-order chi connectivity index (χ0) is 24.5. The van der Waals surface area contributed by atoms with Crippen LogP contribution >= 0.6 is 0 Å². The Hall–Kier alpha value is -3.66. The molecule has 0 N–H and O–H groups in total. The number of nitrogens with zero attached hydrogens (tertiary/aromatic N) is 1. The van der Waals surface area contributed by atoms with Crippen LogP contribution in [0.2, 0.25) is 0 Å². The minimum atomic E-state index is -0.113. The van der Waals surface area contributed by atoms with Crippen LogP contribution in [0.25, 0.3) is 11.1 Å². The molecule has 0 spiro atoms. The Bertz CT molecular complexity index is 1260. The summed E-state index contributed by atoms with van der Waals surface area (Å²) in [6, 6.07) is 24.0. The summed E-state index contributed by atoms with van der Waals surface area (Å²) in [5.74, 6) is 1.43. The molecule has 1 saturated heterocycles. The van der Waals surface area contributed by atoms with Crippen molar-refractivity contribution < 1.29 is 14.3 Å². The first-order valence-corrected chi connectivity index (χ1v) is 12.3. The SMILES string of the molecule is COc1ccc(-c2ccc(C(C)=O)cc2)cc1C1C2C=CCC(C)C2C(=O)N1Cc1ccccc1. The second-order valence-corrected chi connectivity index (χ2v) is 9.73. The first-order valence-electron chi connectivity index (χ1n) is 12.3. The molecular weight excluding hydrogens is 434 g/mol. The zero-order valence-electron chi connectivity index (χ0n) is 20.5. The Balaban J connectivity index is 1.60. The lowest BCUT2D eigenvalue weighted by Crippen LogP contribution is -2.30. The van der Waals surface area contributed by atoms with Gasteiger partial charge in [-0.1, -0.05) is 79.7 Å². The van der Waals surface area contributed by atoms with E-state index in [4.69, 9.17) is 4.74 Å². The van der Waals surface area contributed by atoms with Crippen LogP contribution < -0.4 is 4.74 Å². The molecule has 2 aliphatic rings. The summed E-state index contributed by atoms with van der Waals surface area (Å²) in [5.41, 5.74) is 4.91. The molecule has 3 aromatic rings. The van der Waals surface area contributed by atoms with Crippen molar-refractivity contribution in [3.8, 4) is 16.9 Å². The van der Waals surface area contributed by atoms with Crippen molar-refractivity contribution in [2.45, 2.75) is 32.9 Å². The Kier molecular flexibility index (Phi) is 6.29. The molecule has 1 aliphatic heterocycles. The van der Waals surface area contributed by atoms with Crippen LogP contribution in [0, 0.1) is 17.8 Å². The number of fused-ring (bicyclic) bond motifs is 1. The topological polar surface area (TPSA) is 46.6 Å². The third-order valence-corrected chi connectivity index (χ3v) is 7.53. The van der Waals surface area contributed by atoms with E-state index >= 15 is 0 Å². The minimum absolute atomic E-state index is 0.0306. The standard InChI is InChI=1S/C31H31NO3/c1-20-8-7-11-26-29(20)31(34)32(19-22-9-5-4-6-10-22)30(26)27-18-25(16-17-28(27)35-3)24-14-12-23(13-15-24)21(2)33/h4-7,9-18,20,26,29-30H,8,19H2,1-3H3. The monoisotopic (exact) mass is 465 g/mol. The number of allylic oxidation sites excluding steroid dienone is 1. The fraction of sp³-hybridized carbons (Fsp3) is 0.290. The number of methoxy groups -OCH3 is 1. The predicted molar refractivity (Wildman–Crippen MR) is 138 cm³/mol. The first-order chi connectivity index (χ1) is 17.0. The number of likely N-dealkylation sites (tertiary alicyclic amines) is 1. The second kappa shape index (κ2) is 9.53. The van der Waals surface area contributed by atoms with E-state index < -0.39 is 0 Å². The van der Waals surface area contributed by atoms with E-state index in [2.05, 4.69) is 42.2 Å². The van der Waals surface area contributed by atoms with Gasteiger partial charge in [-0.15, -0.1) is 0 Å². The highest BCUT2D eigenvalue weighted by molar-refractivity contribution is 5.94. The maximum absolute atomic E-state index is 13.8. The smallest absolute Gasteiger partial charge is 0.227 e. The van der Waals surface area contributed by atoms with Gasteiger partial charge >= 0.3 is 0 Å². The van der Waals surface area contributed by atoms with Crippen molar-refractivity contribution in [3.63, 3.8) is 0 Å². The van der Waals surface area contributed by atoms with Gasteiger partial charge in [-0.25, -0.2) is 0 Å². The molecule has 4 unspecified atom stereocenters. The maximum atomic E-state index is 13.8. The second-order valence-electron chi connectivity index (χ2n) is 9.73. The van der Waals surface area contributed by atoms with Crippen LogP contribution in [0.5, 0.6) is 5.75 Å². The molecule has 0 radical (unpaired) electrons. The molecule has 4 atom stereocenters. The van der Waals surface area contributed by atoms with E-state index in [-0.39, 0.29) is 29.6 Å². The molecule has 5 rings (SSSR count). The first kappa shape index (κ1) is 23.1. The fourth-order valence-electron chi connectivity index (χ4n) is 5.72. The van der Waals surface area contributed by atoms with Gasteiger partial charge in [-0.3, -0.25) is 9.59 Å². The largest absolute Gasteiger partial charge is 0.496 e. The maximum Gasteiger partial charge on any atom is 0.227 e. The number of benzene rings is 3. The summed E-state index contributed by atoms with van der Waals surface area (Å²) >= 11 is 0. The third-order valence-electron chi connectivity index (χ3n) is 7.53. The van der Waals surface area contributed by atoms with E-state index in [1.165, 1.54) is 0 Å². The lowest BCUT2D eigenvalue weighted by atomic mass is 9.75. The Morgan fingerprint density at radius 3 is 2.40 bits per heavy atom. The van der Waals surface area contributed by atoms with Crippen molar-refractivity contribution in [3.05, 3.63) is 102 Å². The molecule has 0 bridgehead atoms. The summed E-state index contributed by atoms with van der Waals surface area (Å²) in [5, 5.41) is 0. The van der Waals surface area contributed by atoms with E-state index in [1.54, 1.807) is 14.0 Å². The van der Waals surface area contributed by atoms with Gasteiger partial charge in [0.2, 0.25) is 5.91 Å². The summed E-state index contributed by atoms with van der Waals surface area (Å²) in [7, 11) is 1.69. The van der Waals surface area contributed by atoms with Crippen LogP contribution in [0.15, 0.2) is 84.9 Å². The molecule has 0 aromatic heterocycles. The number of carbonyl (C=O) groups excluding carboxylic acids is 2. The lowest BCUT2D eigenvalue weighted by molar-refractivity contribution is -0.134. The van der Waals surface area contributed by atoms with Gasteiger partial charge in [0, 0.05) is 29.5 Å². The van der Waals surface area contributed by atoms with Gasteiger partial charge in [0.05, 0.1) is 13.2 Å². The molecular formula is C31H31NO3. The quantitative estimate of drug-likeness (QED) is 0.309. The highest BCUT2D eigenvalue weighted by atomic mass is 16.5. The highest BCUT2D eigenvalue weighted by Crippen LogP contribution is 2.51. The van der Waals surface area contributed by atoms with E-state index in [0.717, 1.165) is 34.4 Å². The van der Waals surface area contributed by atoms with Crippen molar-refractivity contribution in [2.75, 3.05) is 7.11 Å². The van der Waals surface area contributed by atoms with Crippen molar-refractivity contribution in [2.24, 2.45) is 17.8 Å². The number of amides is 1. The van der Waals surface area contributed by atoms with Crippen LogP contribution in [0.3, 0.4) is 0 Å². The number of ketones is 1. The van der Waals surface area contributed by atoms with E-state index in [9.17, 15) is 9.59 Å². The third kappa shape index (κ3) is 4.29. The molecule has 3 aromatic carbocycles. The van der Waals surface area contributed by atoms with Crippen LogP contribution in [0.4, 0.5) is 0 Å². The Labute approximate surface area is 207 Å². The minimum Gasteiger partial charge on any atom is -0.496 e. The normalized spacial score (nSPS) is 23.3. The Morgan fingerprint density at radius 1 is 1.00 bits per heavy atom. The number of ether oxygens (including phenoxy) is 1. The molecule has 35 heavy (non-hydrogen) atoms. The van der Waals surface area contributed by atoms with Gasteiger partial charge in [0.15, 0.2) is 5.78 Å². The molecule has 1 fully saturated rings. The average Bonchev–Trinajstić information content (AvgIpc) is 3.16. The fourth-order valence-corrected chi connectivity index (χ4v) is 5.72. The molecule has 1 aliphatic carbocycles. The van der Waals surface area contributed by atoms with Gasteiger partial charge in [0.1, 0.15) is 5.75 Å². The van der Waals surface area contributed by atoms with Crippen molar-refractivity contribution in [1.82, 2.24) is 4.90 Å². The van der Waals surface area contributed by atoms with Crippen LogP contribution in [-0.2, 0) is 11.3 Å². The van der Waals surface area contributed by atoms with E-state index in [1.807, 2.05) is 54.6 Å². The van der Waals surface area contributed by atoms with Gasteiger partial charge in [-0.2, -0.15) is 0 Å². The van der Waals surface area contributed by atoms with E-state index in [0.29, 0.717) is 18.0 Å². The summed E-state index contributed by atoms with van der Waals surface area (Å²) in [4.78, 5) is 27.6. The number of hydrogen-bond donors (Lipinski definition) is 0. The highest BCUT2D eigenvalue weighted by Gasteiger charge is 2.51. The zero-order valence-corrected chi connectivity index (χ0v) is 20.5. The van der Waals surface area contributed by atoms with Crippen LogP contribution in [0.1, 0.15) is 47.8 Å². The average molecular weight is 466 g/mol. The number of Topliss-reactive ketones (excluding diaryl/α,β-unsaturated/α-hetero) is 1. The van der Waals surface area contributed by atoms with Gasteiger partial charge < -0.3 is 9.64 Å². The molecule has 1 heterocycles. The van der Waals surface area contributed by atoms with Gasteiger partial charge in [-0.05, 0) is 48.1 Å². The van der Waals surface area contributed by atoms with Crippen molar-refractivity contribution in [1.29, 1.82) is 0 Å². The summed E-state index contributed by atoms with van der Waals surface area (Å²) in [6.45, 7) is 4.33. The molecule has 4 nitrogen and oxygen atoms in total. The molecule has 178 valence electrons. The predicted octanol–water partition coefficient (Wildman–Crippen LogP) is 6.48. The van der Waals surface area contributed by atoms with Crippen LogP contribution in [-0.4, -0.2) is 23.7 Å². The lowest BCUT2D eigenvalue weighted by Gasteiger charge is -2.31. The van der Waals surface area contributed by atoms with Crippen molar-refractivity contribution >= 4 is 11.7 Å². The summed E-state index contributed by atoms with van der Waals surface area (Å²) < 4.78 is 5.83. The molecule has 0 saturated carbocycles. The molecule has 1 amide bonds. The molecule has 4 heteroatoms. The Morgan fingerprint density at radius 2 is 1.71 bits per heavy atom.